The molecule has 100 valence electrons. The summed E-state index contributed by atoms with van der Waals surface area (Å²) in [7, 11) is 3.90. The van der Waals surface area contributed by atoms with Crippen molar-refractivity contribution in [3.05, 3.63) is 30.5 Å². The summed E-state index contributed by atoms with van der Waals surface area (Å²) in [5.74, 6) is 0.0286. The number of hydrogen-bond donors (Lipinski definition) is 1. The molecule has 1 aromatic carbocycles. The molecular weight excluding hydrogens is 260 g/mol. The number of nitrogens with zero attached hydrogens (tertiary/aromatic N) is 3. The van der Waals surface area contributed by atoms with E-state index in [1.807, 2.05) is 43.3 Å². The van der Waals surface area contributed by atoms with Crippen molar-refractivity contribution in [1.29, 1.82) is 0 Å². The highest BCUT2D eigenvalue weighted by atomic mass is 32.1. The predicted molar refractivity (Wildman–Crippen MR) is 77.1 cm³/mol. The molecule has 0 saturated heterocycles. The summed E-state index contributed by atoms with van der Waals surface area (Å²) in [5, 5.41) is 6.68. The molecule has 0 aliphatic rings. The number of hydrogen-bond acceptors (Lipinski definition) is 5. The van der Waals surface area contributed by atoms with Crippen LogP contribution in [0.3, 0.4) is 0 Å². The maximum atomic E-state index is 11.7. The van der Waals surface area contributed by atoms with Crippen LogP contribution in [0.4, 0.5) is 5.69 Å². The van der Waals surface area contributed by atoms with Crippen LogP contribution >= 0.6 is 11.5 Å². The second kappa shape index (κ2) is 6.40. The second-order valence-corrected chi connectivity index (χ2v) is 5.25. The molecule has 19 heavy (non-hydrogen) atoms. The molecule has 0 unspecified atom stereocenters. The van der Waals surface area contributed by atoms with Gasteiger partial charge >= 0.3 is 0 Å². The summed E-state index contributed by atoms with van der Waals surface area (Å²) in [6.07, 6.45) is 2.23. The summed E-state index contributed by atoms with van der Waals surface area (Å²) >= 11 is 1.35. The zero-order valence-electron chi connectivity index (χ0n) is 11.0. The molecule has 2 aromatic rings. The van der Waals surface area contributed by atoms with Crippen molar-refractivity contribution < 1.29 is 4.79 Å². The second-order valence-electron chi connectivity index (χ2n) is 4.46. The van der Waals surface area contributed by atoms with E-state index in [2.05, 4.69) is 14.9 Å². The molecule has 0 radical (unpaired) electrons. The fraction of sp³-hybridized carbons (Fsp3) is 0.308. The van der Waals surface area contributed by atoms with Crippen LogP contribution in [0.25, 0.3) is 10.4 Å². The average Bonchev–Trinajstić information content (AvgIpc) is 2.91. The van der Waals surface area contributed by atoms with Gasteiger partial charge < -0.3 is 10.2 Å². The van der Waals surface area contributed by atoms with Gasteiger partial charge in [-0.1, -0.05) is 16.6 Å². The van der Waals surface area contributed by atoms with E-state index in [1.165, 1.54) is 11.5 Å². The molecule has 5 nitrogen and oxygen atoms in total. The van der Waals surface area contributed by atoms with E-state index < -0.39 is 0 Å². The summed E-state index contributed by atoms with van der Waals surface area (Å²) in [5.41, 5.74) is 1.87. The van der Waals surface area contributed by atoms with Crippen LogP contribution in [0, 0.1) is 0 Å². The normalized spacial score (nSPS) is 10.7. The lowest BCUT2D eigenvalue weighted by molar-refractivity contribution is -0.116. The first kappa shape index (κ1) is 13.6. The summed E-state index contributed by atoms with van der Waals surface area (Å²) in [4.78, 5) is 14.7. The van der Waals surface area contributed by atoms with E-state index in [0.29, 0.717) is 6.42 Å². The highest BCUT2D eigenvalue weighted by Crippen LogP contribution is 2.23. The van der Waals surface area contributed by atoms with Gasteiger partial charge in [0.1, 0.15) is 0 Å². The summed E-state index contributed by atoms with van der Waals surface area (Å²) in [6.45, 7) is 0.746. The van der Waals surface area contributed by atoms with Gasteiger partial charge in [0.25, 0.3) is 0 Å². The lowest BCUT2D eigenvalue weighted by atomic mass is 10.2. The van der Waals surface area contributed by atoms with E-state index in [1.54, 1.807) is 6.20 Å². The Bertz CT molecular complexity index is 522. The van der Waals surface area contributed by atoms with Gasteiger partial charge in [0.05, 0.1) is 11.1 Å². The monoisotopic (exact) mass is 276 g/mol. The quantitative estimate of drug-likeness (QED) is 0.908. The molecule has 6 heteroatoms. The Morgan fingerprint density at radius 1 is 1.32 bits per heavy atom. The molecule has 0 atom stereocenters. The third kappa shape index (κ3) is 4.11. The van der Waals surface area contributed by atoms with Crippen LogP contribution < -0.4 is 5.32 Å². The van der Waals surface area contributed by atoms with E-state index >= 15 is 0 Å². The van der Waals surface area contributed by atoms with Crippen LogP contribution in [0.15, 0.2) is 30.5 Å². The van der Waals surface area contributed by atoms with E-state index in [4.69, 9.17) is 0 Å². The predicted octanol–water partition coefficient (Wildman–Crippen LogP) is 2.10. The third-order valence-corrected chi connectivity index (χ3v) is 3.31. The molecule has 0 spiro atoms. The van der Waals surface area contributed by atoms with Gasteiger partial charge in [-0.2, -0.15) is 0 Å². The number of aromatic nitrogens is 2. The molecule has 0 aliphatic heterocycles. The van der Waals surface area contributed by atoms with E-state index in [0.717, 1.165) is 22.7 Å². The van der Waals surface area contributed by atoms with Crippen LogP contribution in [0.5, 0.6) is 0 Å². The SMILES string of the molecule is CN(C)CCC(=O)Nc1ccc(-c2cnns2)cc1. The van der Waals surface area contributed by atoms with Gasteiger partial charge in [-0.25, -0.2) is 0 Å². The van der Waals surface area contributed by atoms with Crippen LogP contribution in [-0.2, 0) is 4.79 Å². The first-order valence-corrected chi connectivity index (χ1v) is 6.75. The average molecular weight is 276 g/mol. The van der Waals surface area contributed by atoms with Crippen molar-refractivity contribution in [2.24, 2.45) is 0 Å². The lowest BCUT2D eigenvalue weighted by Crippen LogP contribution is -2.20. The topological polar surface area (TPSA) is 58.1 Å². The number of benzene rings is 1. The van der Waals surface area contributed by atoms with Crippen molar-refractivity contribution in [1.82, 2.24) is 14.5 Å². The number of anilines is 1. The maximum absolute atomic E-state index is 11.7. The first-order chi connectivity index (χ1) is 9.15. The summed E-state index contributed by atoms with van der Waals surface area (Å²) < 4.78 is 3.83. The minimum atomic E-state index is 0.0286. The molecule has 1 N–H and O–H groups in total. The molecular formula is C13H16N4OS. The van der Waals surface area contributed by atoms with Crippen LogP contribution in [0.2, 0.25) is 0 Å². The zero-order chi connectivity index (χ0) is 13.7. The first-order valence-electron chi connectivity index (χ1n) is 5.97. The molecule has 0 aliphatic carbocycles. The van der Waals surface area contributed by atoms with Crippen molar-refractivity contribution in [2.45, 2.75) is 6.42 Å². The summed E-state index contributed by atoms with van der Waals surface area (Å²) in [6, 6.07) is 7.69. The Balaban J connectivity index is 1.94. The maximum Gasteiger partial charge on any atom is 0.225 e. The van der Waals surface area contributed by atoms with Gasteiger partial charge in [0, 0.05) is 18.7 Å². The molecule has 1 aromatic heterocycles. The molecule has 0 saturated carbocycles. The van der Waals surface area contributed by atoms with E-state index in [-0.39, 0.29) is 5.91 Å². The fourth-order valence-electron chi connectivity index (χ4n) is 1.56. The lowest BCUT2D eigenvalue weighted by Gasteiger charge is -2.09. The Kier molecular flexibility index (Phi) is 4.59. The van der Waals surface area contributed by atoms with Gasteiger partial charge in [0.2, 0.25) is 5.91 Å². The van der Waals surface area contributed by atoms with Gasteiger partial charge in [-0.3, -0.25) is 4.79 Å². The Hall–Kier alpha value is -1.79. The number of nitrogens with one attached hydrogen (secondary N) is 1. The minimum Gasteiger partial charge on any atom is -0.326 e. The molecule has 1 amide bonds. The molecule has 0 fully saturated rings. The number of carbonyl (C=O) groups is 1. The Morgan fingerprint density at radius 3 is 2.63 bits per heavy atom. The number of amides is 1. The third-order valence-electron chi connectivity index (χ3n) is 2.60. The Morgan fingerprint density at radius 2 is 2.05 bits per heavy atom. The minimum absolute atomic E-state index is 0.0286. The van der Waals surface area contributed by atoms with Crippen molar-refractivity contribution >= 4 is 23.1 Å². The smallest absolute Gasteiger partial charge is 0.225 e. The standard InChI is InChI=1S/C13H16N4OS/c1-17(2)8-7-13(18)15-11-5-3-10(4-6-11)12-9-14-16-19-12/h3-6,9H,7-8H2,1-2H3,(H,15,18). The highest BCUT2D eigenvalue weighted by Gasteiger charge is 2.04. The molecule has 1 heterocycles. The van der Waals surface area contributed by atoms with Gasteiger partial charge in [0.15, 0.2) is 0 Å². The highest BCUT2D eigenvalue weighted by molar-refractivity contribution is 7.09. The van der Waals surface area contributed by atoms with Crippen molar-refractivity contribution in [3.63, 3.8) is 0 Å². The van der Waals surface area contributed by atoms with Gasteiger partial charge in [-0.15, -0.1) is 5.10 Å². The van der Waals surface area contributed by atoms with Gasteiger partial charge in [-0.05, 0) is 43.3 Å². The Labute approximate surface area is 116 Å². The van der Waals surface area contributed by atoms with Crippen molar-refractivity contribution in [3.8, 4) is 10.4 Å². The van der Waals surface area contributed by atoms with Crippen LogP contribution in [0.1, 0.15) is 6.42 Å². The van der Waals surface area contributed by atoms with Crippen LogP contribution in [-0.4, -0.2) is 41.0 Å². The number of rotatable bonds is 5. The van der Waals surface area contributed by atoms with Crippen molar-refractivity contribution in [2.75, 3.05) is 26.0 Å². The molecule has 2 rings (SSSR count). The number of carbonyl (C=O) groups excluding carboxylic acids is 1. The fourth-order valence-corrected chi connectivity index (χ4v) is 2.08. The van der Waals surface area contributed by atoms with E-state index in [9.17, 15) is 4.79 Å². The largest absolute Gasteiger partial charge is 0.326 e. The zero-order valence-corrected chi connectivity index (χ0v) is 11.8. The molecule has 0 bridgehead atoms.